The van der Waals surface area contributed by atoms with Crippen molar-refractivity contribution in [3.8, 4) is 5.69 Å². The van der Waals surface area contributed by atoms with Gasteiger partial charge >= 0.3 is 0 Å². The molecule has 2 aromatic carbocycles. The Morgan fingerprint density at radius 1 is 1.00 bits per heavy atom. The number of halogens is 1. The van der Waals surface area contributed by atoms with E-state index in [-0.39, 0.29) is 5.82 Å². The number of nitrogens with zero attached hydrogens (tertiary/aromatic N) is 3. The van der Waals surface area contributed by atoms with Gasteiger partial charge in [0.15, 0.2) is 5.16 Å². The molecular formula is C15H12FN3S. The molecule has 1 heterocycles. The average Bonchev–Trinajstić information content (AvgIpc) is 2.96. The zero-order valence-electron chi connectivity index (χ0n) is 10.6. The topological polar surface area (TPSA) is 30.7 Å². The number of hydrogen-bond acceptors (Lipinski definition) is 3. The molecule has 5 heteroatoms. The van der Waals surface area contributed by atoms with Crippen LogP contribution in [0.25, 0.3) is 5.69 Å². The first kappa shape index (κ1) is 12.9. The van der Waals surface area contributed by atoms with E-state index in [9.17, 15) is 4.39 Å². The second kappa shape index (κ2) is 5.88. The minimum Gasteiger partial charge on any atom is -0.277 e. The molecule has 0 saturated carbocycles. The Bertz CT molecular complexity index is 697. The Kier molecular flexibility index (Phi) is 3.78. The highest BCUT2D eigenvalue weighted by atomic mass is 32.2. The van der Waals surface area contributed by atoms with Gasteiger partial charge in [-0.2, -0.15) is 0 Å². The van der Waals surface area contributed by atoms with Gasteiger partial charge in [-0.15, -0.1) is 10.2 Å². The van der Waals surface area contributed by atoms with E-state index in [1.54, 1.807) is 18.5 Å². The predicted molar refractivity (Wildman–Crippen MR) is 77.3 cm³/mol. The van der Waals surface area contributed by atoms with E-state index in [0.29, 0.717) is 11.3 Å². The maximum absolute atomic E-state index is 13.6. The van der Waals surface area contributed by atoms with Crippen LogP contribution in [-0.2, 0) is 5.75 Å². The maximum atomic E-state index is 13.6. The molecule has 0 aliphatic rings. The van der Waals surface area contributed by atoms with Crippen molar-refractivity contribution in [1.29, 1.82) is 0 Å². The van der Waals surface area contributed by atoms with Crippen LogP contribution in [0, 0.1) is 5.82 Å². The standard InChI is InChI=1S/C15H12FN3S/c16-14-9-5-4-6-12(14)10-20-15-18-17-11-19(15)13-7-2-1-3-8-13/h1-9,11H,10H2. The zero-order chi connectivity index (χ0) is 13.8. The third-order valence-electron chi connectivity index (χ3n) is 2.87. The molecule has 0 N–H and O–H groups in total. The van der Waals surface area contributed by atoms with E-state index >= 15 is 0 Å². The van der Waals surface area contributed by atoms with Crippen molar-refractivity contribution < 1.29 is 4.39 Å². The molecule has 3 nitrogen and oxygen atoms in total. The van der Waals surface area contributed by atoms with Crippen LogP contribution in [0.4, 0.5) is 4.39 Å². The van der Waals surface area contributed by atoms with Crippen LogP contribution in [0.1, 0.15) is 5.56 Å². The summed E-state index contributed by atoms with van der Waals surface area (Å²) < 4.78 is 15.5. The van der Waals surface area contributed by atoms with Gasteiger partial charge in [0.2, 0.25) is 0 Å². The van der Waals surface area contributed by atoms with E-state index in [1.165, 1.54) is 17.8 Å². The molecule has 0 atom stereocenters. The number of hydrogen-bond donors (Lipinski definition) is 0. The summed E-state index contributed by atoms with van der Waals surface area (Å²) in [4.78, 5) is 0. The summed E-state index contributed by atoms with van der Waals surface area (Å²) in [5.41, 5.74) is 1.66. The molecule has 20 heavy (non-hydrogen) atoms. The van der Waals surface area contributed by atoms with Gasteiger partial charge in [0.1, 0.15) is 12.1 Å². The minimum absolute atomic E-state index is 0.189. The van der Waals surface area contributed by atoms with E-state index < -0.39 is 0 Å². The molecular weight excluding hydrogens is 273 g/mol. The van der Waals surface area contributed by atoms with Gasteiger partial charge in [-0.25, -0.2) is 4.39 Å². The normalized spacial score (nSPS) is 10.7. The zero-order valence-corrected chi connectivity index (χ0v) is 11.4. The van der Waals surface area contributed by atoms with Gasteiger partial charge in [-0.05, 0) is 23.8 Å². The molecule has 0 aliphatic heterocycles. The Morgan fingerprint density at radius 3 is 2.55 bits per heavy atom. The van der Waals surface area contributed by atoms with Crippen molar-refractivity contribution >= 4 is 11.8 Å². The van der Waals surface area contributed by atoms with Crippen molar-refractivity contribution in [2.75, 3.05) is 0 Å². The van der Waals surface area contributed by atoms with Crippen LogP contribution in [0.3, 0.4) is 0 Å². The number of para-hydroxylation sites is 1. The second-order valence-corrected chi connectivity index (χ2v) is 5.14. The molecule has 3 rings (SSSR count). The molecule has 3 aromatic rings. The summed E-state index contributed by atoms with van der Waals surface area (Å²) in [5.74, 6) is 0.337. The molecule has 0 saturated heterocycles. The molecule has 1 aromatic heterocycles. The fourth-order valence-corrected chi connectivity index (χ4v) is 2.76. The van der Waals surface area contributed by atoms with Crippen LogP contribution in [-0.4, -0.2) is 14.8 Å². The molecule has 100 valence electrons. The second-order valence-electron chi connectivity index (χ2n) is 4.20. The van der Waals surface area contributed by atoms with E-state index in [0.717, 1.165) is 10.8 Å². The molecule has 0 fully saturated rings. The van der Waals surface area contributed by atoms with Gasteiger partial charge in [-0.3, -0.25) is 4.57 Å². The summed E-state index contributed by atoms with van der Waals surface area (Å²) >= 11 is 1.47. The number of thioether (sulfide) groups is 1. The number of benzene rings is 2. The Balaban J connectivity index is 1.80. The largest absolute Gasteiger partial charge is 0.277 e. The first-order valence-electron chi connectivity index (χ1n) is 6.16. The van der Waals surface area contributed by atoms with E-state index in [4.69, 9.17) is 0 Å². The lowest BCUT2D eigenvalue weighted by atomic mass is 10.2. The third-order valence-corrected chi connectivity index (χ3v) is 3.86. The van der Waals surface area contributed by atoms with Crippen molar-refractivity contribution in [2.24, 2.45) is 0 Å². The summed E-state index contributed by atoms with van der Waals surface area (Å²) in [6.45, 7) is 0. The lowest BCUT2D eigenvalue weighted by Gasteiger charge is -2.06. The minimum atomic E-state index is -0.189. The van der Waals surface area contributed by atoms with Gasteiger partial charge in [0, 0.05) is 11.4 Å². The monoisotopic (exact) mass is 285 g/mol. The summed E-state index contributed by atoms with van der Waals surface area (Å²) in [6.07, 6.45) is 1.67. The fraction of sp³-hybridized carbons (Fsp3) is 0.0667. The maximum Gasteiger partial charge on any atom is 0.195 e. The first-order valence-corrected chi connectivity index (χ1v) is 7.15. The lowest BCUT2D eigenvalue weighted by molar-refractivity contribution is 0.617. The van der Waals surface area contributed by atoms with Gasteiger partial charge in [0.05, 0.1) is 0 Å². The van der Waals surface area contributed by atoms with Crippen molar-refractivity contribution in [3.63, 3.8) is 0 Å². The highest BCUT2D eigenvalue weighted by molar-refractivity contribution is 7.98. The molecule has 0 amide bonds. The molecule has 0 radical (unpaired) electrons. The van der Waals surface area contributed by atoms with Crippen LogP contribution in [0.2, 0.25) is 0 Å². The highest BCUT2D eigenvalue weighted by Crippen LogP contribution is 2.24. The molecule has 0 bridgehead atoms. The highest BCUT2D eigenvalue weighted by Gasteiger charge is 2.08. The van der Waals surface area contributed by atoms with Gasteiger partial charge in [-0.1, -0.05) is 48.2 Å². The van der Waals surface area contributed by atoms with Gasteiger partial charge in [0.25, 0.3) is 0 Å². The lowest BCUT2D eigenvalue weighted by Crippen LogP contribution is -1.95. The smallest absolute Gasteiger partial charge is 0.195 e. The Labute approximate surface area is 120 Å². The third kappa shape index (κ3) is 2.72. The van der Waals surface area contributed by atoms with Crippen LogP contribution in [0.15, 0.2) is 66.1 Å². The first-order chi connectivity index (χ1) is 9.84. The molecule has 0 spiro atoms. The average molecular weight is 285 g/mol. The van der Waals surface area contributed by atoms with Gasteiger partial charge < -0.3 is 0 Å². The quantitative estimate of drug-likeness (QED) is 0.685. The van der Waals surface area contributed by atoms with E-state index in [1.807, 2.05) is 41.0 Å². The van der Waals surface area contributed by atoms with Crippen LogP contribution >= 0.6 is 11.8 Å². The van der Waals surface area contributed by atoms with Crippen LogP contribution in [0.5, 0.6) is 0 Å². The Hall–Kier alpha value is -2.14. The number of rotatable bonds is 4. The fourth-order valence-electron chi connectivity index (χ4n) is 1.85. The predicted octanol–water partition coefficient (Wildman–Crippen LogP) is 3.70. The summed E-state index contributed by atoms with van der Waals surface area (Å²) in [7, 11) is 0. The van der Waals surface area contributed by atoms with E-state index in [2.05, 4.69) is 10.2 Å². The SMILES string of the molecule is Fc1ccccc1CSc1nncn1-c1ccccc1. The van der Waals surface area contributed by atoms with Crippen molar-refractivity contribution in [2.45, 2.75) is 10.9 Å². The van der Waals surface area contributed by atoms with Crippen LogP contribution < -0.4 is 0 Å². The van der Waals surface area contributed by atoms with Crippen molar-refractivity contribution in [1.82, 2.24) is 14.8 Å². The summed E-state index contributed by atoms with van der Waals surface area (Å²) in [6, 6.07) is 16.6. The Morgan fingerprint density at radius 2 is 1.75 bits per heavy atom. The van der Waals surface area contributed by atoms with Crippen molar-refractivity contribution in [3.05, 3.63) is 72.3 Å². The summed E-state index contributed by atoms with van der Waals surface area (Å²) in [5, 5.41) is 8.77. The number of aromatic nitrogens is 3. The molecule has 0 aliphatic carbocycles. The molecule has 0 unspecified atom stereocenters.